The zero-order valence-corrected chi connectivity index (χ0v) is 18.9. The van der Waals surface area contributed by atoms with Gasteiger partial charge in [0.25, 0.3) is 5.91 Å². The number of hydrogen-bond donors (Lipinski definition) is 1. The average Bonchev–Trinajstić information content (AvgIpc) is 3.33. The molecule has 0 radical (unpaired) electrons. The highest BCUT2D eigenvalue weighted by molar-refractivity contribution is 7.98. The van der Waals surface area contributed by atoms with Crippen LogP contribution in [0.15, 0.2) is 52.3 Å². The van der Waals surface area contributed by atoms with Gasteiger partial charge in [0.05, 0.1) is 12.7 Å². The normalized spacial score (nSPS) is 14.3. The number of ether oxygens (including phenoxy) is 2. The van der Waals surface area contributed by atoms with Crippen LogP contribution in [-0.4, -0.2) is 57.7 Å². The molecule has 0 unspecified atom stereocenters. The van der Waals surface area contributed by atoms with Crippen LogP contribution in [0.4, 0.5) is 5.69 Å². The Hall–Kier alpha value is -2.56. The number of benzene rings is 2. The van der Waals surface area contributed by atoms with Crippen LogP contribution in [0.5, 0.6) is 5.75 Å². The summed E-state index contributed by atoms with van der Waals surface area (Å²) in [6.45, 7) is 0.360. The molecule has 0 saturated carbocycles. The van der Waals surface area contributed by atoms with Gasteiger partial charge in [-0.3, -0.25) is 4.79 Å². The number of amides is 1. The van der Waals surface area contributed by atoms with Crippen LogP contribution >= 0.6 is 11.8 Å². The van der Waals surface area contributed by atoms with E-state index in [1.807, 2.05) is 24.5 Å². The summed E-state index contributed by atoms with van der Waals surface area (Å²) in [6.07, 6.45) is 3.51. The van der Waals surface area contributed by atoms with Crippen LogP contribution in [0.3, 0.4) is 0 Å². The SMILES string of the molecule is COc1ccc(C(=O)OCC(=O)Nc2cccc(SC)c2)cc1S(=O)(=O)N1CCCC1. The van der Waals surface area contributed by atoms with Crippen molar-refractivity contribution in [1.29, 1.82) is 0 Å². The van der Waals surface area contributed by atoms with E-state index >= 15 is 0 Å². The quantitative estimate of drug-likeness (QED) is 0.473. The Kier molecular flexibility index (Phi) is 7.58. The Morgan fingerprint density at radius 1 is 1.13 bits per heavy atom. The Bertz CT molecular complexity index is 1070. The molecular formula is C21H24N2O6S2. The minimum Gasteiger partial charge on any atom is -0.495 e. The Labute approximate surface area is 186 Å². The van der Waals surface area contributed by atoms with Gasteiger partial charge in [0, 0.05) is 23.7 Å². The number of thioether (sulfide) groups is 1. The number of hydrogen-bond acceptors (Lipinski definition) is 7. The van der Waals surface area contributed by atoms with Gasteiger partial charge in [0.2, 0.25) is 10.0 Å². The first-order chi connectivity index (χ1) is 14.8. The zero-order chi connectivity index (χ0) is 22.4. The van der Waals surface area contributed by atoms with Gasteiger partial charge in [0.15, 0.2) is 6.61 Å². The molecule has 166 valence electrons. The first kappa shape index (κ1) is 23.1. The van der Waals surface area contributed by atoms with Crippen LogP contribution in [0, 0.1) is 0 Å². The summed E-state index contributed by atoms with van der Waals surface area (Å²) >= 11 is 1.54. The predicted molar refractivity (Wildman–Crippen MR) is 118 cm³/mol. The lowest BCUT2D eigenvalue weighted by Gasteiger charge is -2.18. The molecule has 0 aromatic heterocycles. The first-order valence-corrected chi connectivity index (χ1v) is 12.3. The molecule has 10 heteroatoms. The third-order valence-corrected chi connectivity index (χ3v) is 7.42. The maximum atomic E-state index is 12.9. The summed E-state index contributed by atoms with van der Waals surface area (Å²) in [5.41, 5.74) is 0.618. The van der Waals surface area contributed by atoms with Crippen LogP contribution in [0.2, 0.25) is 0 Å². The van der Waals surface area contributed by atoms with Gasteiger partial charge in [-0.15, -0.1) is 11.8 Å². The average molecular weight is 465 g/mol. The summed E-state index contributed by atoms with van der Waals surface area (Å²) in [7, 11) is -2.43. The number of nitrogens with one attached hydrogen (secondary N) is 1. The molecule has 3 rings (SSSR count). The van der Waals surface area contributed by atoms with Gasteiger partial charge in [0.1, 0.15) is 10.6 Å². The van der Waals surface area contributed by atoms with E-state index in [9.17, 15) is 18.0 Å². The third-order valence-electron chi connectivity index (χ3n) is 4.77. The molecule has 8 nitrogen and oxygen atoms in total. The zero-order valence-electron chi connectivity index (χ0n) is 17.3. The number of rotatable bonds is 8. The first-order valence-electron chi connectivity index (χ1n) is 9.64. The molecule has 2 aromatic carbocycles. The van der Waals surface area contributed by atoms with Crippen molar-refractivity contribution in [2.24, 2.45) is 0 Å². The Morgan fingerprint density at radius 3 is 2.55 bits per heavy atom. The highest BCUT2D eigenvalue weighted by Crippen LogP contribution is 2.30. The lowest BCUT2D eigenvalue weighted by molar-refractivity contribution is -0.119. The second-order valence-corrected chi connectivity index (χ2v) is 9.62. The molecule has 31 heavy (non-hydrogen) atoms. The fraction of sp³-hybridized carbons (Fsp3) is 0.333. The van der Waals surface area contributed by atoms with E-state index in [4.69, 9.17) is 9.47 Å². The van der Waals surface area contributed by atoms with Crippen molar-refractivity contribution in [2.45, 2.75) is 22.6 Å². The number of esters is 1. The van der Waals surface area contributed by atoms with E-state index in [0.29, 0.717) is 18.8 Å². The Morgan fingerprint density at radius 2 is 1.87 bits per heavy atom. The van der Waals surface area contributed by atoms with Crippen molar-refractivity contribution in [2.75, 3.05) is 38.4 Å². The second-order valence-electron chi connectivity index (χ2n) is 6.83. The van der Waals surface area contributed by atoms with Crippen LogP contribution in [-0.2, 0) is 19.6 Å². The van der Waals surface area contributed by atoms with Gasteiger partial charge in [-0.05, 0) is 55.5 Å². The molecule has 1 aliphatic rings. The summed E-state index contributed by atoms with van der Waals surface area (Å²) in [6, 6.07) is 11.3. The van der Waals surface area contributed by atoms with E-state index in [0.717, 1.165) is 17.7 Å². The number of methoxy groups -OCH3 is 1. The molecule has 2 aromatic rings. The van der Waals surface area contributed by atoms with Gasteiger partial charge in [-0.2, -0.15) is 4.31 Å². The minimum atomic E-state index is -3.80. The summed E-state index contributed by atoms with van der Waals surface area (Å²) < 4.78 is 37.5. The fourth-order valence-corrected chi connectivity index (χ4v) is 5.34. The number of anilines is 1. The fourth-order valence-electron chi connectivity index (χ4n) is 3.19. The number of sulfonamides is 1. The molecule has 0 aliphatic carbocycles. The standard InChI is InChI=1S/C21H24N2O6S2/c1-28-18-9-8-15(12-19(18)31(26,27)23-10-3-4-11-23)21(25)29-14-20(24)22-16-6-5-7-17(13-16)30-2/h5-9,12-13H,3-4,10-11,14H2,1-2H3,(H,22,24). The van der Waals surface area contributed by atoms with Crippen molar-refractivity contribution >= 4 is 39.3 Å². The molecular weight excluding hydrogens is 440 g/mol. The van der Waals surface area contributed by atoms with Crippen molar-refractivity contribution < 1.29 is 27.5 Å². The van der Waals surface area contributed by atoms with Crippen LogP contribution < -0.4 is 10.1 Å². The summed E-state index contributed by atoms with van der Waals surface area (Å²) in [5.74, 6) is -1.14. The number of carbonyl (C=O) groups excluding carboxylic acids is 2. The monoisotopic (exact) mass is 464 g/mol. The minimum absolute atomic E-state index is 0.0238. The van der Waals surface area contributed by atoms with Crippen LogP contribution in [0.1, 0.15) is 23.2 Å². The van der Waals surface area contributed by atoms with Gasteiger partial charge < -0.3 is 14.8 Å². The number of carbonyl (C=O) groups is 2. The van der Waals surface area contributed by atoms with Crippen molar-refractivity contribution in [3.05, 3.63) is 48.0 Å². The lowest BCUT2D eigenvalue weighted by Crippen LogP contribution is -2.28. The number of nitrogens with zero attached hydrogens (tertiary/aromatic N) is 1. The lowest BCUT2D eigenvalue weighted by atomic mass is 10.2. The molecule has 0 atom stereocenters. The molecule has 1 amide bonds. The maximum Gasteiger partial charge on any atom is 0.338 e. The van der Waals surface area contributed by atoms with Gasteiger partial charge in [-0.1, -0.05) is 6.07 Å². The highest BCUT2D eigenvalue weighted by Gasteiger charge is 2.31. The van der Waals surface area contributed by atoms with Crippen molar-refractivity contribution in [3.63, 3.8) is 0 Å². The third kappa shape index (κ3) is 5.57. The summed E-state index contributed by atoms with van der Waals surface area (Å²) in [4.78, 5) is 25.5. The molecule has 0 spiro atoms. The van der Waals surface area contributed by atoms with E-state index in [2.05, 4.69) is 5.32 Å². The van der Waals surface area contributed by atoms with E-state index < -0.39 is 28.5 Å². The largest absolute Gasteiger partial charge is 0.495 e. The molecule has 0 bridgehead atoms. The highest BCUT2D eigenvalue weighted by atomic mass is 32.2. The Balaban J connectivity index is 1.69. The molecule has 1 fully saturated rings. The van der Waals surface area contributed by atoms with Gasteiger partial charge in [-0.25, -0.2) is 13.2 Å². The van der Waals surface area contributed by atoms with E-state index in [1.54, 1.807) is 17.8 Å². The van der Waals surface area contributed by atoms with Crippen molar-refractivity contribution in [3.8, 4) is 5.75 Å². The maximum absolute atomic E-state index is 12.9. The predicted octanol–water partition coefficient (Wildman–Crippen LogP) is 3.00. The molecule has 1 N–H and O–H groups in total. The van der Waals surface area contributed by atoms with Crippen molar-refractivity contribution in [1.82, 2.24) is 4.31 Å². The molecule has 1 saturated heterocycles. The molecule has 1 heterocycles. The topological polar surface area (TPSA) is 102 Å². The smallest absolute Gasteiger partial charge is 0.338 e. The van der Waals surface area contributed by atoms with Gasteiger partial charge >= 0.3 is 5.97 Å². The van der Waals surface area contributed by atoms with E-state index in [1.165, 1.54) is 29.6 Å². The summed E-state index contributed by atoms with van der Waals surface area (Å²) in [5, 5.41) is 2.66. The second kappa shape index (κ2) is 10.2. The van der Waals surface area contributed by atoms with E-state index in [-0.39, 0.29) is 16.2 Å². The van der Waals surface area contributed by atoms with Crippen LogP contribution in [0.25, 0.3) is 0 Å². The molecule has 1 aliphatic heterocycles.